The van der Waals surface area contributed by atoms with E-state index >= 15 is 0 Å². The van der Waals surface area contributed by atoms with Gasteiger partial charge in [0.2, 0.25) is 5.95 Å². The van der Waals surface area contributed by atoms with E-state index in [-0.39, 0.29) is 11.9 Å². The fourth-order valence-electron chi connectivity index (χ4n) is 4.85. The third-order valence-electron chi connectivity index (χ3n) is 6.29. The number of aromatic nitrogens is 4. The summed E-state index contributed by atoms with van der Waals surface area (Å²) in [5.41, 5.74) is 5.88. The average Bonchev–Trinajstić information content (AvgIpc) is 3.45. The summed E-state index contributed by atoms with van der Waals surface area (Å²) in [6, 6.07) is 21.3. The smallest absolute Gasteiger partial charge is 0.233 e. The van der Waals surface area contributed by atoms with Gasteiger partial charge in [0.15, 0.2) is 0 Å². The number of benzene rings is 2. The first-order valence-corrected chi connectivity index (χ1v) is 10.8. The maximum absolute atomic E-state index is 13.7. The topological polar surface area (TPSA) is 49.7 Å². The molecule has 32 heavy (non-hydrogen) atoms. The quantitative estimate of drug-likeness (QED) is 0.441. The van der Waals surface area contributed by atoms with Crippen LogP contribution >= 0.6 is 0 Å². The zero-order valence-electron chi connectivity index (χ0n) is 17.4. The second kappa shape index (κ2) is 7.73. The molecule has 1 aliphatic rings. The minimum Gasteiger partial charge on any atom is -0.357 e. The molecule has 158 valence electrons. The van der Waals surface area contributed by atoms with Crippen molar-refractivity contribution in [2.24, 2.45) is 0 Å². The van der Waals surface area contributed by atoms with Crippen molar-refractivity contribution in [1.29, 1.82) is 0 Å². The van der Waals surface area contributed by atoms with E-state index in [1.807, 2.05) is 35.0 Å². The summed E-state index contributed by atoms with van der Waals surface area (Å²) in [6.45, 7) is 1.62. The van der Waals surface area contributed by atoms with E-state index in [0.29, 0.717) is 5.95 Å². The van der Waals surface area contributed by atoms with Gasteiger partial charge in [0, 0.05) is 54.0 Å². The Balaban J connectivity index is 1.43. The van der Waals surface area contributed by atoms with Gasteiger partial charge in [-0.2, -0.15) is 0 Å². The van der Waals surface area contributed by atoms with Crippen molar-refractivity contribution in [2.45, 2.75) is 19.0 Å². The van der Waals surface area contributed by atoms with Gasteiger partial charge in [-0.3, -0.25) is 9.47 Å². The van der Waals surface area contributed by atoms with Crippen LogP contribution in [0.3, 0.4) is 0 Å². The highest BCUT2D eigenvalue weighted by Crippen LogP contribution is 2.39. The van der Waals surface area contributed by atoms with E-state index in [2.05, 4.69) is 50.2 Å². The van der Waals surface area contributed by atoms with Crippen LogP contribution in [0.5, 0.6) is 0 Å². The normalized spacial score (nSPS) is 16.3. The molecule has 1 aliphatic heterocycles. The zero-order valence-corrected chi connectivity index (χ0v) is 17.4. The highest BCUT2D eigenvalue weighted by Gasteiger charge is 2.32. The van der Waals surface area contributed by atoms with E-state index in [4.69, 9.17) is 0 Å². The maximum Gasteiger partial charge on any atom is 0.233 e. The summed E-state index contributed by atoms with van der Waals surface area (Å²) in [5.74, 6) is 0.442. The predicted molar refractivity (Wildman–Crippen MR) is 122 cm³/mol. The van der Waals surface area contributed by atoms with E-state index in [1.54, 1.807) is 24.5 Å². The highest BCUT2D eigenvalue weighted by molar-refractivity contribution is 5.85. The van der Waals surface area contributed by atoms with E-state index in [9.17, 15) is 4.39 Å². The minimum absolute atomic E-state index is 0.00629. The summed E-state index contributed by atoms with van der Waals surface area (Å²) in [5, 5.41) is 1.27. The van der Waals surface area contributed by atoms with Gasteiger partial charge in [-0.1, -0.05) is 30.3 Å². The lowest BCUT2D eigenvalue weighted by Crippen LogP contribution is -2.36. The molecule has 0 aliphatic carbocycles. The lowest BCUT2D eigenvalue weighted by molar-refractivity contribution is 0.198. The number of hydrogen-bond donors (Lipinski definition) is 1. The Bertz CT molecular complexity index is 1370. The van der Waals surface area contributed by atoms with Gasteiger partial charge in [0.25, 0.3) is 0 Å². The summed E-state index contributed by atoms with van der Waals surface area (Å²) in [4.78, 5) is 14.9. The predicted octanol–water partition coefficient (Wildman–Crippen LogP) is 5.04. The second-order valence-electron chi connectivity index (χ2n) is 8.16. The molecule has 6 rings (SSSR count). The molecule has 0 bridgehead atoms. The van der Waals surface area contributed by atoms with Gasteiger partial charge >= 0.3 is 0 Å². The Hall–Kier alpha value is -3.77. The van der Waals surface area contributed by atoms with Gasteiger partial charge in [-0.15, -0.1) is 0 Å². The number of rotatable bonds is 4. The van der Waals surface area contributed by atoms with Gasteiger partial charge < -0.3 is 4.98 Å². The molecule has 0 saturated heterocycles. The molecule has 6 heteroatoms. The molecule has 5 nitrogen and oxygen atoms in total. The molecule has 1 N–H and O–H groups in total. The molecule has 2 aromatic carbocycles. The fourth-order valence-corrected chi connectivity index (χ4v) is 4.85. The number of nitrogens with one attached hydrogen (secondary N) is 1. The molecule has 0 spiro atoms. The molecule has 1 atom stereocenters. The molecule has 5 aromatic rings. The fraction of sp³-hybridized carbons (Fsp3) is 0.154. The van der Waals surface area contributed by atoms with Gasteiger partial charge in [-0.25, -0.2) is 14.4 Å². The third kappa shape index (κ3) is 3.20. The van der Waals surface area contributed by atoms with E-state index < -0.39 is 0 Å². The van der Waals surface area contributed by atoms with Gasteiger partial charge in [0.05, 0.1) is 6.04 Å². The number of H-pyrrole nitrogens is 1. The monoisotopic (exact) mass is 423 g/mol. The minimum atomic E-state index is -0.219. The Morgan fingerprint density at radius 2 is 1.75 bits per heavy atom. The number of nitrogens with zero attached hydrogens (tertiary/aromatic N) is 4. The van der Waals surface area contributed by atoms with Crippen LogP contribution in [0, 0.1) is 5.82 Å². The summed E-state index contributed by atoms with van der Waals surface area (Å²) >= 11 is 0. The molecule has 0 fully saturated rings. The number of aromatic amines is 1. The van der Waals surface area contributed by atoms with Gasteiger partial charge in [0.1, 0.15) is 5.82 Å². The maximum atomic E-state index is 13.7. The largest absolute Gasteiger partial charge is 0.357 e. The first-order valence-electron chi connectivity index (χ1n) is 10.8. The lowest BCUT2D eigenvalue weighted by atomic mass is 9.92. The number of halogens is 1. The van der Waals surface area contributed by atoms with Crippen LogP contribution in [0.25, 0.3) is 16.9 Å². The molecular weight excluding hydrogens is 401 g/mol. The molecule has 0 unspecified atom stereocenters. The Labute approximate surface area is 185 Å². The van der Waals surface area contributed by atoms with Crippen molar-refractivity contribution in [3.63, 3.8) is 0 Å². The zero-order chi connectivity index (χ0) is 21.5. The highest BCUT2D eigenvalue weighted by atomic mass is 19.1. The standard InChI is InChI=1S/C26H22FN5/c27-19-10-8-18(9-11-19)25-24-22(21-6-1-2-7-23(21)30-24)12-16-31(25)17-20-5-3-15-32(20)26-28-13-4-14-29-26/h1-11,13-15,25,30H,12,16-17H2/t25-/m0/s1. The number of fused-ring (bicyclic) bond motifs is 3. The molecule has 4 heterocycles. The van der Waals surface area contributed by atoms with Crippen LogP contribution in [0.15, 0.2) is 85.3 Å². The van der Waals surface area contributed by atoms with Crippen LogP contribution in [0.1, 0.15) is 28.6 Å². The van der Waals surface area contributed by atoms with Gasteiger partial charge in [-0.05, 0) is 53.9 Å². The number of hydrogen-bond acceptors (Lipinski definition) is 3. The lowest BCUT2D eigenvalue weighted by Gasteiger charge is -2.36. The summed E-state index contributed by atoms with van der Waals surface area (Å²) < 4.78 is 15.8. The first kappa shape index (κ1) is 19.0. The van der Waals surface area contributed by atoms with Crippen LogP contribution in [0.4, 0.5) is 4.39 Å². The molecule has 0 saturated carbocycles. The Morgan fingerprint density at radius 1 is 0.938 bits per heavy atom. The summed E-state index contributed by atoms with van der Waals surface area (Å²) in [6.07, 6.45) is 6.46. The third-order valence-corrected chi connectivity index (χ3v) is 6.29. The SMILES string of the molecule is Fc1ccc([C@H]2c3[nH]c4ccccc4c3CCN2Cc2cccn2-c2ncccn2)cc1. The van der Waals surface area contributed by atoms with E-state index in [0.717, 1.165) is 36.3 Å². The average molecular weight is 423 g/mol. The second-order valence-corrected chi connectivity index (χ2v) is 8.16. The van der Waals surface area contributed by atoms with Crippen LogP contribution in [0.2, 0.25) is 0 Å². The van der Waals surface area contributed by atoms with Crippen molar-refractivity contribution in [2.75, 3.05) is 6.54 Å². The number of para-hydroxylation sites is 1. The van der Waals surface area contributed by atoms with Crippen molar-refractivity contribution >= 4 is 10.9 Å². The molecule has 3 aromatic heterocycles. The van der Waals surface area contributed by atoms with Crippen LogP contribution in [-0.2, 0) is 13.0 Å². The Kier molecular flexibility index (Phi) is 4.58. The summed E-state index contributed by atoms with van der Waals surface area (Å²) in [7, 11) is 0. The molecule has 0 amide bonds. The van der Waals surface area contributed by atoms with Crippen molar-refractivity contribution in [3.05, 3.63) is 114 Å². The Morgan fingerprint density at radius 3 is 2.59 bits per heavy atom. The van der Waals surface area contributed by atoms with Crippen LogP contribution < -0.4 is 0 Å². The van der Waals surface area contributed by atoms with Crippen LogP contribution in [-0.4, -0.2) is 31.0 Å². The van der Waals surface area contributed by atoms with Crippen molar-refractivity contribution in [1.82, 2.24) is 24.4 Å². The molecular formula is C26H22FN5. The van der Waals surface area contributed by atoms with Crippen molar-refractivity contribution in [3.8, 4) is 5.95 Å². The van der Waals surface area contributed by atoms with E-state index in [1.165, 1.54) is 16.6 Å². The first-order chi connectivity index (χ1) is 15.8. The van der Waals surface area contributed by atoms with Crippen molar-refractivity contribution < 1.29 is 4.39 Å². The molecule has 0 radical (unpaired) electrons.